The number of nitrogens with zero attached hydrogens (tertiary/aromatic N) is 1. The molecule has 18 heavy (non-hydrogen) atoms. The van der Waals surface area contributed by atoms with Gasteiger partial charge >= 0.3 is 0 Å². The molecule has 3 heteroatoms. The average molecular weight is 369 g/mol. The second-order valence-electron chi connectivity index (χ2n) is 4.25. The summed E-state index contributed by atoms with van der Waals surface area (Å²) in [5.41, 5.74) is 3.81. The van der Waals surface area contributed by atoms with Crippen molar-refractivity contribution in [2.24, 2.45) is 0 Å². The van der Waals surface area contributed by atoms with E-state index in [9.17, 15) is 0 Å². The predicted molar refractivity (Wildman–Crippen MR) is 85.3 cm³/mol. The summed E-state index contributed by atoms with van der Waals surface area (Å²) in [5.74, 6) is 0. The summed E-state index contributed by atoms with van der Waals surface area (Å²) < 4.78 is 1.15. The number of halogens is 2. The van der Waals surface area contributed by atoms with E-state index in [0.717, 1.165) is 16.3 Å². The normalized spacial score (nSPS) is 10.4. The molecule has 0 saturated heterocycles. The maximum absolute atomic E-state index is 3.60. The average Bonchev–Trinajstić information content (AvgIpc) is 2.39. The first-order valence-electron chi connectivity index (χ1n) is 5.80. The molecule has 2 aromatic carbocycles. The first-order valence-corrected chi connectivity index (χ1v) is 7.71. The second-order valence-corrected chi connectivity index (χ2v) is 5.67. The fourth-order valence-corrected chi connectivity index (χ4v) is 3.20. The third-order valence-electron chi connectivity index (χ3n) is 2.88. The second kappa shape index (κ2) is 6.39. The first-order chi connectivity index (χ1) is 8.70. The zero-order valence-electron chi connectivity index (χ0n) is 10.2. The lowest BCUT2D eigenvalue weighted by atomic mass is 10.2. The van der Waals surface area contributed by atoms with Crippen LogP contribution in [0.4, 0.5) is 5.69 Å². The van der Waals surface area contributed by atoms with Crippen LogP contribution in [0, 0.1) is 0 Å². The molecule has 0 aliphatic heterocycles. The Morgan fingerprint density at radius 1 is 1.06 bits per heavy atom. The molecule has 0 aromatic heterocycles. The topological polar surface area (TPSA) is 3.24 Å². The van der Waals surface area contributed by atoms with Gasteiger partial charge in [-0.2, -0.15) is 0 Å². The fourth-order valence-electron chi connectivity index (χ4n) is 1.83. The molecule has 0 bridgehead atoms. The van der Waals surface area contributed by atoms with E-state index in [1.54, 1.807) is 0 Å². The quantitative estimate of drug-likeness (QED) is 0.688. The van der Waals surface area contributed by atoms with Crippen LogP contribution in [0.15, 0.2) is 53.0 Å². The summed E-state index contributed by atoms with van der Waals surface area (Å²) in [4.78, 5) is 2.25. The summed E-state index contributed by atoms with van der Waals surface area (Å²) in [7, 11) is 2.11. The highest BCUT2D eigenvalue weighted by atomic mass is 79.9. The molecule has 2 rings (SSSR count). The monoisotopic (exact) mass is 367 g/mol. The van der Waals surface area contributed by atoms with Crippen molar-refractivity contribution in [3.8, 4) is 0 Å². The van der Waals surface area contributed by atoms with E-state index in [2.05, 4.69) is 86.3 Å². The molecule has 0 fully saturated rings. The molecular weight excluding hydrogens is 354 g/mol. The minimum atomic E-state index is 0.871. The van der Waals surface area contributed by atoms with Crippen LogP contribution in [0.5, 0.6) is 0 Å². The Bertz CT molecular complexity index is 511. The molecule has 0 N–H and O–H groups in total. The van der Waals surface area contributed by atoms with Crippen LogP contribution in [0.2, 0.25) is 0 Å². The van der Waals surface area contributed by atoms with Crippen molar-refractivity contribution in [2.45, 2.75) is 11.9 Å². The van der Waals surface area contributed by atoms with E-state index in [0.29, 0.717) is 0 Å². The zero-order chi connectivity index (χ0) is 13.0. The number of benzene rings is 2. The van der Waals surface area contributed by atoms with Crippen molar-refractivity contribution in [1.82, 2.24) is 0 Å². The third kappa shape index (κ3) is 3.36. The smallest absolute Gasteiger partial charge is 0.0426 e. The Hall–Kier alpha value is -0.800. The predicted octanol–water partition coefficient (Wildman–Crippen LogP) is 4.98. The molecule has 1 nitrogen and oxygen atoms in total. The molecule has 0 spiro atoms. The van der Waals surface area contributed by atoms with Crippen LogP contribution in [0.3, 0.4) is 0 Å². The molecular formula is C15H15Br2N. The van der Waals surface area contributed by atoms with E-state index >= 15 is 0 Å². The van der Waals surface area contributed by atoms with E-state index in [-0.39, 0.29) is 0 Å². The molecule has 0 unspecified atom stereocenters. The van der Waals surface area contributed by atoms with Gasteiger partial charge in [0.05, 0.1) is 0 Å². The van der Waals surface area contributed by atoms with E-state index in [1.165, 1.54) is 16.8 Å². The van der Waals surface area contributed by atoms with Gasteiger partial charge in [-0.25, -0.2) is 0 Å². The van der Waals surface area contributed by atoms with Gasteiger partial charge in [0.1, 0.15) is 0 Å². The molecule has 0 radical (unpaired) electrons. The number of hydrogen-bond donors (Lipinski definition) is 0. The van der Waals surface area contributed by atoms with Gasteiger partial charge in [-0.1, -0.05) is 68.3 Å². The van der Waals surface area contributed by atoms with Gasteiger partial charge in [0.15, 0.2) is 0 Å². The largest absolute Gasteiger partial charge is 0.370 e. The summed E-state index contributed by atoms with van der Waals surface area (Å²) in [6, 6.07) is 17.0. The maximum Gasteiger partial charge on any atom is 0.0426 e. The molecule has 0 aliphatic carbocycles. The van der Waals surface area contributed by atoms with Crippen LogP contribution in [0.1, 0.15) is 11.1 Å². The van der Waals surface area contributed by atoms with Crippen molar-refractivity contribution in [2.75, 3.05) is 11.9 Å². The first kappa shape index (κ1) is 13.6. The van der Waals surface area contributed by atoms with Crippen LogP contribution < -0.4 is 4.90 Å². The van der Waals surface area contributed by atoms with Gasteiger partial charge in [0.25, 0.3) is 0 Å². The third-order valence-corrected chi connectivity index (χ3v) is 4.23. The molecule has 0 saturated carbocycles. The highest BCUT2D eigenvalue weighted by Gasteiger charge is 2.05. The van der Waals surface area contributed by atoms with E-state index in [4.69, 9.17) is 0 Å². The molecule has 94 valence electrons. The summed E-state index contributed by atoms with van der Waals surface area (Å²) in [5, 5.41) is 0.871. The summed E-state index contributed by atoms with van der Waals surface area (Å²) in [6.07, 6.45) is 0. The number of alkyl halides is 1. The lowest BCUT2D eigenvalue weighted by Gasteiger charge is -2.20. The molecule has 0 amide bonds. The van der Waals surface area contributed by atoms with E-state index < -0.39 is 0 Å². The molecule has 2 aromatic rings. The molecule has 0 atom stereocenters. The molecule has 0 aliphatic rings. The van der Waals surface area contributed by atoms with Gasteiger partial charge in [0.2, 0.25) is 0 Å². The Morgan fingerprint density at radius 2 is 1.78 bits per heavy atom. The van der Waals surface area contributed by atoms with Gasteiger partial charge < -0.3 is 4.90 Å². The number of rotatable bonds is 4. The minimum Gasteiger partial charge on any atom is -0.370 e. The van der Waals surface area contributed by atoms with Gasteiger partial charge in [0, 0.05) is 29.1 Å². The Morgan fingerprint density at radius 3 is 2.39 bits per heavy atom. The number of hydrogen-bond acceptors (Lipinski definition) is 1. The van der Waals surface area contributed by atoms with Crippen molar-refractivity contribution >= 4 is 37.5 Å². The van der Waals surface area contributed by atoms with Crippen molar-refractivity contribution in [1.29, 1.82) is 0 Å². The van der Waals surface area contributed by atoms with Crippen molar-refractivity contribution in [3.63, 3.8) is 0 Å². The Labute approximate surface area is 125 Å². The van der Waals surface area contributed by atoms with Gasteiger partial charge in [-0.05, 0) is 23.3 Å². The lowest BCUT2D eigenvalue weighted by molar-refractivity contribution is 0.922. The summed E-state index contributed by atoms with van der Waals surface area (Å²) in [6.45, 7) is 0.918. The van der Waals surface area contributed by atoms with E-state index in [1.807, 2.05) is 6.07 Å². The summed E-state index contributed by atoms with van der Waals surface area (Å²) >= 11 is 7.08. The van der Waals surface area contributed by atoms with Crippen molar-refractivity contribution < 1.29 is 0 Å². The van der Waals surface area contributed by atoms with Crippen LogP contribution >= 0.6 is 31.9 Å². The van der Waals surface area contributed by atoms with Gasteiger partial charge in [-0.15, -0.1) is 0 Å². The Balaban J connectivity index is 2.14. The SMILES string of the molecule is CN(Cc1ccccc1)c1ccc(CBr)c(Br)c1. The fraction of sp³-hybridized carbons (Fsp3) is 0.200. The minimum absolute atomic E-state index is 0.871. The van der Waals surface area contributed by atoms with Crippen LogP contribution in [0.25, 0.3) is 0 Å². The highest BCUT2D eigenvalue weighted by Crippen LogP contribution is 2.25. The Kier molecular flexibility index (Phi) is 4.84. The van der Waals surface area contributed by atoms with Crippen LogP contribution in [-0.4, -0.2) is 7.05 Å². The highest BCUT2D eigenvalue weighted by molar-refractivity contribution is 9.10. The zero-order valence-corrected chi connectivity index (χ0v) is 13.4. The molecule has 0 heterocycles. The standard InChI is InChI=1S/C15H15Br2N/c1-18(11-12-5-3-2-4-6-12)14-8-7-13(10-16)15(17)9-14/h2-9H,10-11H2,1H3. The number of anilines is 1. The van der Waals surface area contributed by atoms with Gasteiger partial charge in [-0.3, -0.25) is 0 Å². The van der Waals surface area contributed by atoms with Crippen molar-refractivity contribution in [3.05, 3.63) is 64.1 Å². The lowest BCUT2D eigenvalue weighted by Crippen LogP contribution is -2.16. The van der Waals surface area contributed by atoms with Crippen LogP contribution in [-0.2, 0) is 11.9 Å². The maximum atomic E-state index is 3.60.